The molecule has 0 unspecified atom stereocenters. The number of benzene rings is 2. The van der Waals surface area contributed by atoms with Crippen LogP contribution in [0, 0.1) is 0 Å². The Hall–Kier alpha value is -2.54. The first-order valence-electron chi connectivity index (χ1n) is 8.21. The number of sulfone groups is 1. The van der Waals surface area contributed by atoms with Gasteiger partial charge in [-0.1, -0.05) is 24.3 Å². The molecule has 0 heterocycles. The van der Waals surface area contributed by atoms with Crippen molar-refractivity contribution >= 4 is 15.7 Å². The lowest BCUT2D eigenvalue weighted by atomic mass is 10.1. The van der Waals surface area contributed by atoms with Crippen molar-refractivity contribution in [1.29, 1.82) is 0 Å². The van der Waals surface area contributed by atoms with Gasteiger partial charge in [-0.05, 0) is 30.2 Å². The molecular weight excluding hydrogens is 354 g/mol. The number of carbonyl (C=O) groups excluding carboxylic acids is 1. The quantitative estimate of drug-likeness (QED) is 0.725. The predicted octanol–water partition coefficient (Wildman–Crippen LogP) is 2.23. The van der Waals surface area contributed by atoms with Gasteiger partial charge in [0.2, 0.25) is 5.91 Å². The molecule has 1 amide bonds. The van der Waals surface area contributed by atoms with Gasteiger partial charge in [0.1, 0.15) is 11.5 Å². The molecule has 26 heavy (non-hydrogen) atoms. The molecule has 2 aromatic carbocycles. The molecule has 2 aromatic rings. The molecular formula is C19H23NO5S. The van der Waals surface area contributed by atoms with Crippen molar-refractivity contribution in [3.63, 3.8) is 0 Å². The normalized spacial score (nSPS) is 11.0. The van der Waals surface area contributed by atoms with Gasteiger partial charge in [-0.25, -0.2) is 8.42 Å². The third kappa shape index (κ3) is 5.49. The van der Waals surface area contributed by atoms with Crippen LogP contribution in [0.1, 0.15) is 12.0 Å². The van der Waals surface area contributed by atoms with Crippen molar-refractivity contribution in [3.8, 4) is 11.5 Å². The van der Waals surface area contributed by atoms with Crippen molar-refractivity contribution in [1.82, 2.24) is 5.32 Å². The van der Waals surface area contributed by atoms with Gasteiger partial charge in [0.15, 0.2) is 9.84 Å². The van der Waals surface area contributed by atoms with E-state index in [1.807, 2.05) is 12.1 Å². The SMILES string of the molecule is COc1ccc(CCNC(=O)CCS(=O)(=O)c2ccccc2)c(OC)c1. The van der Waals surface area contributed by atoms with Crippen molar-refractivity contribution in [2.24, 2.45) is 0 Å². The molecule has 0 aliphatic rings. The number of carbonyl (C=O) groups is 1. The van der Waals surface area contributed by atoms with Crippen molar-refractivity contribution in [2.75, 3.05) is 26.5 Å². The van der Waals surface area contributed by atoms with Gasteiger partial charge in [0.05, 0.1) is 24.9 Å². The number of amides is 1. The van der Waals surface area contributed by atoms with E-state index in [2.05, 4.69) is 5.32 Å². The maximum atomic E-state index is 12.2. The van der Waals surface area contributed by atoms with Gasteiger partial charge < -0.3 is 14.8 Å². The van der Waals surface area contributed by atoms with Gasteiger partial charge >= 0.3 is 0 Å². The van der Waals surface area contributed by atoms with Crippen LogP contribution in [-0.2, 0) is 21.1 Å². The number of rotatable bonds is 9. The molecule has 0 saturated carbocycles. The molecule has 1 N–H and O–H groups in total. The molecule has 0 bridgehead atoms. The van der Waals surface area contributed by atoms with E-state index in [4.69, 9.17) is 9.47 Å². The standard InChI is InChI=1S/C19H23NO5S/c1-24-16-9-8-15(18(14-16)25-2)10-12-20-19(21)11-13-26(22,23)17-6-4-3-5-7-17/h3-9,14H,10-13H2,1-2H3,(H,20,21). The average molecular weight is 377 g/mol. The fraction of sp³-hybridized carbons (Fsp3) is 0.316. The summed E-state index contributed by atoms with van der Waals surface area (Å²) in [6, 6.07) is 13.6. The van der Waals surface area contributed by atoms with Crippen LogP contribution >= 0.6 is 0 Å². The summed E-state index contributed by atoms with van der Waals surface area (Å²) in [7, 11) is -0.289. The Morgan fingerprint density at radius 1 is 1.04 bits per heavy atom. The van der Waals surface area contributed by atoms with Crippen molar-refractivity contribution in [3.05, 3.63) is 54.1 Å². The number of methoxy groups -OCH3 is 2. The average Bonchev–Trinajstić information content (AvgIpc) is 2.67. The first kappa shape index (κ1) is 19.8. The zero-order valence-corrected chi connectivity index (χ0v) is 15.7. The molecule has 140 valence electrons. The maximum absolute atomic E-state index is 12.2. The maximum Gasteiger partial charge on any atom is 0.221 e. The molecule has 0 aliphatic heterocycles. The number of hydrogen-bond donors (Lipinski definition) is 1. The summed E-state index contributed by atoms with van der Waals surface area (Å²) < 4.78 is 34.8. The third-order valence-electron chi connectivity index (χ3n) is 3.91. The van der Waals surface area contributed by atoms with Gasteiger partial charge in [0, 0.05) is 19.0 Å². The topological polar surface area (TPSA) is 81.7 Å². The molecule has 0 aliphatic carbocycles. The predicted molar refractivity (Wildman–Crippen MR) is 99.4 cm³/mol. The summed E-state index contributed by atoms with van der Waals surface area (Å²) in [5.41, 5.74) is 0.936. The molecule has 0 fully saturated rings. The molecule has 0 spiro atoms. The van der Waals surface area contributed by atoms with E-state index in [1.54, 1.807) is 38.5 Å². The van der Waals surface area contributed by atoms with Crippen molar-refractivity contribution < 1.29 is 22.7 Å². The minimum Gasteiger partial charge on any atom is -0.497 e. The lowest BCUT2D eigenvalue weighted by molar-refractivity contribution is -0.120. The van der Waals surface area contributed by atoms with E-state index in [9.17, 15) is 13.2 Å². The van der Waals surface area contributed by atoms with Crippen LogP contribution in [-0.4, -0.2) is 40.8 Å². The van der Waals surface area contributed by atoms with Crippen LogP contribution in [0.3, 0.4) is 0 Å². The van der Waals surface area contributed by atoms with Gasteiger partial charge in [-0.2, -0.15) is 0 Å². The molecule has 0 saturated heterocycles. The first-order valence-corrected chi connectivity index (χ1v) is 9.87. The first-order chi connectivity index (χ1) is 12.5. The lowest BCUT2D eigenvalue weighted by Crippen LogP contribution is -2.27. The summed E-state index contributed by atoms with van der Waals surface area (Å²) >= 11 is 0. The highest BCUT2D eigenvalue weighted by Crippen LogP contribution is 2.24. The smallest absolute Gasteiger partial charge is 0.221 e. The molecule has 0 aromatic heterocycles. The van der Waals surface area contributed by atoms with Crippen LogP contribution in [0.25, 0.3) is 0 Å². The van der Waals surface area contributed by atoms with Crippen LogP contribution in [0.15, 0.2) is 53.4 Å². The monoisotopic (exact) mass is 377 g/mol. The second-order valence-electron chi connectivity index (χ2n) is 5.66. The molecule has 0 radical (unpaired) electrons. The summed E-state index contributed by atoms with van der Waals surface area (Å²) in [4.78, 5) is 12.2. The fourth-order valence-electron chi connectivity index (χ4n) is 2.46. The largest absolute Gasteiger partial charge is 0.497 e. The Morgan fingerprint density at radius 2 is 1.77 bits per heavy atom. The minimum atomic E-state index is -3.45. The Bertz CT molecular complexity index is 834. The second-order valence-corrected chi connectivity index (χ2v) is 7.77. The van der Waals surface area contributed by atoms with Crippen LogP contribution < -0.4 is 14.8 Å². The highest BCUT2D eigenvalue weighted by Gasteiger charge is 2.16. The van der Waals surface area contributed by atoms with Gasteiger partial charge in [0.25, 0.3) is 0 Å². The van der Waals surface area contributed by atoms with Gasteiger partial charge in [-0.3, -0.25) is 4.79 Å². The van der Waals surface area contributed by atoms with E-state index in [0.29, 0.717) is 24.5 Å². The number of ether oxygens (including phenoxy) is 2. The fourth-order valence-corrected chi connectivity index (χ4v) is 3.72. The van der Waals surface area contributed by atoms with Crippen LogP contribution in [0.5, 0.6) is 11.5 Å². The molecule has 0 atom stereocenters. The highest BCUT2D eigenvalue weighted by atomic mass is 32.2. The Morgan fingerprint density at radius 3 is 2.42 bits per heavy atom. The summed E-state index contributed by atoms with van der Waals surface area (Å²) in [6.45, 7) is 0.396. The zero-order chi connectivity index (χ0) is 19.0. The Labute approximate surface area is 154 Å². The van der Waals surface area contributed by atoms with E-state index in [1.165, 1.54) is 12.1 Å². The summed E-state index contributed by atoms with van der Waals surface area (Å²) in [5.74, 6) is 0.873. The lowest BCUT2D eigenvalue weighted by Gasteiger charge is -2.11. The van der Waals surface area contributed by atoms with Crippen molar-refractivity contribution in [2.45, 2.75) is 17.7 Å². The second kappa shape index (κ2) is 9.24. The van der Waals surface area contributed by atoms with Crippen LogP contribution in [0.4, 0.5) is 0 Å². The summed E-state index contributed by atoms with van der Waals surface area (Å²) in [6.07, 6.45) is 0.501. The van der Waals surface area contributed by atoms with E-state index >= 15 is 0 Å². The molecule has 6 nitrogen and oxygen atoms in total. The Kier molecular flexibility index (Phi) is 7.03. The van der Waals surface area contributed by atoms with E-state index in [0.717, 1.165) is 5.56 Å². The van der Waals surface area contributed by atoms with E-state index in [-0.39, 0.29) is 23.0 Å². The summed E-state index contributed by atoms with van der Waals surface area (Å²) in [5, 5.41) is 2.74. The van der Waals surface area contributed by atoms with Crippen LogP contribution in [0.2, 0.25) is 0 Å². The third-order valence-corrected chi connectivity index (χ3v) is 5.64. The van der Waals surface area contributed by atoms with Gasteiger partial charge in [-0.15, -0.1) is 0 Å². The molecule has 2 rings (SSSR count). The van der Waals surface area contributed by atoms with E-state index < -0.39 is 9.84 Å². The Balaban J connectivity index is 1.82. The highest BCUT2D eigenvalue weighted by molar-refractivity contribution is 7.91. The zero-order valence-electron chi connectivity index (χ0n) is 14.9. The number of hydrogen-bond acceptors (Lipinski definition) is 5. The number of nitrogens with one attached hydrogen (secondary N) is 1. The molecule has 7 heteroatoms. The minimum absolute atomic E-state index is 0.0724.